The van der Waals surface area contributed by atoms with Crippen LogP contribution in [0.5, 0.6) is 5.75 Å². The number of nitrogens with one attached hydrogen (secondary N) is 1. The van der Waals surface area contributed by atoms with Gasteiger partial charge < -0.3 is 15.2 Å². The fourth-order valence-electron chi connectivity index (χ4n) is 3.21. The number of aliphatic hydroxyl groups excluding tert-OH is 1. The van der Waals surface area contributed by atoms with Crippen LogP contribution in [0.4, 0.5) is 5.95 Å². The van der Waals surface area contributed by atoms with E-state index in [2.05, 4.69) is 33.6 Å². The number of rotatable bonds is 6. The number of hydrogen-bond acceptors (Lipinski definition) is 5. The number of anilines is 1. The fourth-order valence-corrected chi connectivity index (χ4v) is 3.21. The van der Waals surface area contributed by atoms with Crippen molar-refractivity contribution in [1.29, 1.82) is 0 Å². The standard InChI is InChI=1S/C21H22N4O2/c1-27-17-11-9-15(10-12-17)18-14-19(16-6-3-2-4-7-16)25-21(22-18)23-20(24-25)8-5-13-26/h2-4,6-7,9-12,14,19,26H,5,8,13H2,1H3,(H,22,23,24)/t19-/m1/s1. The number of aliphatic hydroxyl groups is 1. The Labute approximate surface area is 158 Å². The van der Waals surface area contributed by atoms with Gasteiger partial charge in [-0.05, 0) is 47.9 Å². The molecule has 0 saturated heterocycles. The largest absolute Gasteiger partial charge is 0.497 e. The maximum Gasteiger partial charge on any atom is 0.226 e. The Bertz CT molecular complexity index is 933. The minimum Gasteiger partial charge on any atom is -0.497 e. The van der Waals surface area contributed by atoms with Gasteiger partial charge in [0.25, 0.3) is 0 Å². The maximum atomic E-state index is 9.10. The van der Waals surface area contributed by atoms with Gasteiger partial charge in [0.05, 0.1) is 7.11 Å². The van der Waals surface area contributed by atoms with Crippen LogP contribution in [-0.2, 0) is 6.42 Å². The molecule has 6 heteroatoms. The maximum absolute atomic E-state index is 9.10. The van der Waals surface area contributed by atoms with Crippen LogP contribution in [0.3, 0.4) is 0 Å². The monoisotopic (exact) mass is 362 g/mol. The number of aromatic nitrogens is 3. The molecule has 0 radical (unpaired) electrons. The molecule has 1 aliphatic rings. The molecule has 0 unspecified atom stereocenters. The fraction of sp³-hybridized carbons (Fsp3) is 0.238. The summed E-state index contributed by atoms with van der Waals surface area (Å²) >= 11 is 0. The van der Waals surface area contributed by atoms with Crippen LogP contribution in [0, 0.1) is 0 Å². The molecule has 1 aromatic heterocycles. The Hall–Kier alpha value is -3.12. The molecule has 2 aromatic carbocycles. The molecule has 1 atom stereocenters. The van der Waals surface area contributed by atoms with Crippen LogP contribution in [0.15, 0.2) is 60.7 Å². The second-order valence-electron chi connectivity index (χ2n) is 6.41. The van der Waals surface area contributed by atoms with Crippen molar-refractivity contribution in [2.24, 2.45) is 0 Å². The molecule has 3 aromatic rings. The number of benzene rings is 2. The number of hydrogen-bond donors (Lipinski definition) is 2. The summed E-state index contributed by atoms with van der Waals surface area (Å²) in [5.74, 6) is 2.27. The van der Waals surface area contributed by atoms with E-state index in [0.717, 1.165) is 28.4 Å². The van der Waals surface area contributed by atoms with E-state index in [0.29, 0.717) is 18.8 Å². The minimum atomic E-state index is -0.0464. The van der Waals surface area contributed by atoms with Crippen molar-refractivity contribution in [3.8, 4) is 5.75 Å². The van der Waals surface area contributed by atoms with Crippen molar-refractivity contribution in [2.75, 3.05) is 19.0 Å². The van der Waals surface area contributed by atoms with E-state index in [1.54, 1.807) is 7.11 Å². The molecule has 4 rings (SSSR count). The number of ether oxygens (including phenoxy) is 1. The van der Waals surface area contributed by atoms with Gasteiger partial charge in [0, 0.05) is 18.7 Å². The Morgan fingerprint density at radius 1 is 1.11 bits per heavy atom. The van der Waals surface area contributed by atoms with Crippen molar-refractivity contribution in [3.63, 3.8) is 0 Å². The lowest BCUT2D eigenvalue weighted by Crippen LogP contribution is -2.20. The van der Waals surface area contributed by atoms with Gasteiger partial charge in [0.2, 0.25) is 5.95 Å². The number of methoxy groups -OCH3 is 1. The lowest BCUT2D eigenvalue weighted by molar-refractivity contribution is 0.287. The highest BCUT2D eigenvalue weighted by Gasteiger charge is 2.25. The number of aryl methyl sites for hydroxylation is 1. The Kier molecular flexibility index (Phi) is 4.89. The van der Waals surface area contributed by atoms with Gasteiger partial charge in [-0.1, -0.05) is 30.3 Å². The first-order chi connectivity index (χ1) is 13.3. The van der Waals surface area contributed by atoms with Gasteiger partial charge in [0.15, 0.2) is 5.82 Å². The molecule has 1 aliphatic heterocycles. The third-order valence-electron chi connectivity index (χ3n) is 4.61. The third-order valence-corrected chi connectivity index (χ3v) is 4.61. The first kappa shape index (κ1) is 17.3. The van der Waals surface area contributed by atoms with Crippen LogP contribution in [0.1, 0.15) is 29.4 Å². The van der Waals surface area contributed by atoms with Crippen LogP contribution in [-0.4, -0.2) is 33.6 Å². The quantitative estimate of drug-likeness (QED) is 0.704. The second-order valence-corrected chi connectivity index (χ2v) is 6.41. The number of fused-ring (bicyclic) bond motifs is 1. The molecule has 0 amide bonds. The van der Waals surface area contributed by atoms with E-state index < -0.39 is 0 Å². The number of allylic oxidation sites excluding steroid dienone is 1. The van der Waals surface area contributed by atoms with E-state index in [1.165, 1.54) is 0 Å². The molecule has 138 valence electrons. The highest BCUT2D eigenvalue weighted by molar-refractivity contribution is 5.77. The molecule has 0 bridgehead atoms. The summed E-state index contributed by atoms with van der Waals surface area (Å²) < 4.78 is 7.17. The molecular weight excluding hydrogens is 340 g/mol. The van der Waals surface area contributed by atoms with Gasteiger partial charge in [-0.2, -0.15) is 10.1 Å². The summed E-state index contributed by atoms with van der Waals surface area (Å²) in [6.07, 6.45) is 3.46. The smallest absolute Gasteiger partial charge is 0.226 e. The lowest BCUT2D eigenvalue weighted by Gasteiger charge is -2.24. The predicted octanol–water partition coefficient (Wildman–Crippen LogP) is 3.27. The zero-order valence-corrected chi connectivity index (χ0v) is 15.2. The normalized spacial score (nSPS) is 15.6. The minimum absolute atomic E-state index is 0.0464. The zero-order chi connectivity index (χ0) is 18.6. The third kappa shape index (κ3) is 3.57. The zero-order valence-electron chi connectivity index (χ0n) is 15.2. The molecule has 0 saturated carbocycles. The average molecular weight is 362 g/mol. The highest BCUT2D eigenvalue weighted by Crippen LogP contribution is 2.33. The van der Waals surface area contributed by atoms with Crippen molar-refractivity contribution < 1.29 is 9.84 Å². The van der Waals surface area contributed by atoms with E-state index in [9.17, 15) is 0 Å². The van der Waals surface area contributed by atoms with E-state index >= 15 is 0 Å². The Morgan fingerprint density at radius 3 is 2.59 bits per heavy atom. The summed E-state index contributed by atoms with van der Waals surface area (Å²) in [5, 5.41) is 17.2. The van der Waals surface area contributed by atoms with E-state index in [-0.39, 0.29) is 12.6 Å². The van der Waals surface area contributed by atoms with E-state index in [1.807, 2.05) is 47.1 Å². The molecule has 2 heterocycles. The van der Waals surface area contributed by atoms with Gasteiger partial charge in [-0.3, -0.25) is 0 Å². The van der Waals surface area contributed by atoms with Crippen molar-refractivity contribution in [1.82, 2.24) is 14.8 Å². The van der Waals surface area contributed by atoms with Crippen LogP contribution in [0.2, 0.25) is 0 Å². The van der Waals surface area contributed by atoms with E-state index in [4.69, 9.17) is 9.84 Å². The molecule has 2 N–H and O–H groups in total. The summed E-state index contributed by atoms with van der Waals surface area (Å²) in [7, 11) is 1.66. The van der Waals surface area contributed by atoms with Crippen molar-refractivity contribution in [3.05, 3.63) is 77.6 Å². The average Bonchev–Trinajstić information content (AvgIpc) is 3.15. The van der Waals surface area contributed by atoms with Crippen LogP contribution >= 0.6 is 0 Å². The van der Waals surface area contributed by atoms with Crippen molar-refractivity contribution >= 4 is 11.6 Å². The van der Waals surface area contributed by atoms with Crippen molar-refractivity contribution in [2.45, 2.75) is 18.9 Å². The second kappa shape index (κ2) is 7.63. The summed E-state index contributed by atoms with van der Waals surface area (Å²) in [4.78, 5) is 4.64. The molecule has 0 aliphatic carbocycles. The first-order valence-corrected chi connectivity index (χ1v) is 9.03. The molecule has 0 spiro atoms. The molecule has 6 nitrogen and oxygen atoms in total. The lowest BCUT2D eigenvalue weighted by atomic mass is 10.0. The topological polar surface area (TPSA) is 72.2 Å². The highest BCUT2D eigenvalue weighted by atomic mass is 16.5. The van der Waals surface area contributed by atoms with Crippen LogP contribution < -0.4 is 10.1 Å². The number of nitrogens with zero attached hydrogens (tertiary/aromatic N) is 3. The molecular formula is C21H22N4O2. The molecule has 0 fully saturated rings. The van der Waals surface area contributed by atoms with Gasteiger partial charge in [-0.15, -0.1) is 0 Å². The van der Waals surface area contributed by atoms with Gasteiger partial charge in [0.1, 0.15) is 11.8 Å². The predicted molar refractivity (Wildman–Crippen MR) is 105 cm³/mol. The first-order valence-electron chi connectivity index (χ1n) is 9.03. The Morgan fingerprint density at radius 2 is 1.89 bits per heavy atom. The molecule has 27 heavy (non-hydrogen) atoms. The summed E-state index contributed by atoms with van der Waals surface area (Å²) in [6.45, 7) is 0.134. The summed E-state index contributed by atoms with van der Waals surface area (Å²) in [5.41, 5.74) is 3.19. The van der Waals surface area contributed by atoms with Crippen LogP contribution in [0.25, 0.3) is 5.70 Å². The van der Waals surface area contributed by atoms with Gasteiger partial charge >= 0.3 is 0 Å². The van der Waals surface area contributed by atoms with Gasteiger partial charge in [-0.25, -0.2) is 4.68 Å². The SMILES string of the molecule is COc1ccc(C2=C[C@H](c3ccccc3)n3nc(CCCO)nc3N2)cc1. The summed E-state index contributed by atoms with van der Waals surface area (Å²) in [6, 6.07) is 18.2. The Balaban J connectivity index is 1.73.